The number of nitrogens with zero attached hydrogens (tertiary/aromatic N) is 7. The Labute approximate surface area is 253 Å². The summed E-state index contributed by atoms with van der Waals surface area (Å²) < 4.78 is 8.53. The van der Waals surface area contributed by atoms with Crippen LogP contribution in [0, 0.1) is 3.57 Å². The molecule has 0 unspecified atom stereocenters. The second-order valence-electron chi connectivity index (χ2n) is 10.6. The maximum atomic E-state index is 12.4. The van der Waals surface area contributed by atoms with Crippen LogP contribution in [0.3, 0.4) is 0 Å². The number of anilines is 3. The highest BCUT2D eigenvalue weighted by Gasteiger charge is 2.26. The van der Waals surface area contributed by atoms with Gasteiger partial charge in [0.1, 0.15) is 11.4 Å². The molecule has 5 rings (SSSR count). The Morgan fingerprint density at radius 3 is 2.39 bits per heavy atom. The van der Waals surface area contributed by atoms with Crippen LogP contribution in [-0.4, -0.2) is 80.4 Å². The molecule has 12 heteroatoms. The molecule has 0 saturated carbocycles. The van der Waals surface area contributed by atoms with Gasteiger partial charge in [0, 0.05) is 72.7 Å². The van der Waals surface area contributed by atoms with Crippen LogP contribution in [0.15, 0.2) is 67.5 Å². The van der Waals surface area contributed by atoms with Crippen LogP contribution in [0.4, 0.5) is 22.2 Å². The predicted molar refractivity (Wildman–Crippen MR) is 169 cm³/mol. The van der Waals surface area contributed by atoms with Crippen molar-refractivity contribution in [2.24, 2.45) is 0 Å². The standard InChI is InChI=1S/C29H34IN9O2/c1-29(2,3)41-28(40)38-16-14-37(15-17-38)23-7-4-21(5-8-23)26-24(39-13-12-31-20-39)19-35-27(36-26)33-11-10-32-25-9-6-22(30)18-34-25/h4-9,12-13,18-20H,10-11,14-17H2,1-3H3,(H,32,34)(H,33,35,36). The van der Waals surface area contributed by atoms with Crippen molar-refractivity contribution in [3.8, 4) is 16.9 Å². The number of hydrogen-bond acceptors (Lipinski definition) is 9. The number of rotatable bonds is 8. The minimum Gasteiger partial charge on any atom is -0.444 e. The molecule has 214 valence electrons. The van der Waals surface area contributed by atoms with Crippen LogP contribution >= 0.6 is 22.6 Å². The fraction of sp³-hybridized carbons (Fsp3) is 0.345. The van der Waals surface area contributed by atoms with Gasteiger partial charge in [0.25, 0.3) is 0 Å². The topological polar surface area (TPSA) is 113 Å². The molecular formula is C29H34IN9O2. The molecule has 3 aromatic heterocycles. The Hall–Kier alpha value is -3.94. The van der Waals surface area contributed by atoms with Crippen molar-refractivity contribution < 1.29 is 9.53 Å². The second kappa shape index (κ2) is 12.7. The number of hydrogen-bond donors (Lipinski definition) is 2. The first-order valence-electron chi connectivity index (χ1n) is 13.5. The minimum absolute atomic E-state index is 0.255. The van der Waals surface area contributed by atoms with Crippen molar-refractivity contribution in [3.05, 3.63) is 71.1 Å². The smallest absolute Gasteiger partial charge is 0.410 e. The van der Waals surface area contributed by atoms with E-state index in [1.54, 1.807) is 17.4 Å². The SMILES string of the molecule is CC(C)(C)OC(=O)N1CCN(c2ccc(-c3nc(NCCNc4ccc(I)cn4)ncc3-n3ccnc3)cc2)CC1. The summed E-state index contributed by atoms with van der Waals surface area (Å²) in [5, 5.41) is 6.61. The summed E-state index contributed by atoms with van der Waals surface area (Å²) in [4.78, 5) is 34.5. The zero-order valence-electron chi connectivity index (χ0n) is 23.4. The Balaban J connectivity index is 1.25. The molecule has 1 amide bonds. The van der Waals surface area contributed by atoms with Gasteiger partial charge in [-0.15, -0.1) is 0 Å². The summed E-state index contributed by atoms with van der Waals surface area (Å²) in [6, 6.07) is 12.3. The summed E-state index contributed by atoms with van der Waals surface area (Å²) in [7, 11) is 0. The summed E-state index contributed by atoms with van der Waals surface area (Å²) in [6.45, 7) is 9.69. The van der Waals surface area contributed by atoms with Gasteiger partial charge in [-0.05, 0) is 67.6 Å². The normalized spacial score (nSPS) is 13.7. The zero-order valence-corrected chi connectivity index (χ0v) is 25.6. The third-order valence-corrected chi connectivity index (χ3v) is 7.07. The van der Waals surface area contributed by atoms with E-state index < -0.39 is 5.60 Å². The average molecular weight is 668 g/mol. The maximum absolute atomic E-state index is 12.4. The number of piperazine rings is 1. The van der Waals surface area contributed by atoms with E-state index in [1.165, 1.54) is 0 Å². The number of imidazole rings is 1. The fourth-order valence-corrected chi connectivity index (χ4v) is 4.73. The molecule has 41 heavy (non-hydrogen) atoms. The maximum Gasteiger partial charge on any atom is 0.410 e. The molecular weight excluding hydrogens is 633 g/mol. The van der Waals surface area contributed by atoms with Crippen LogP contribution in [0.25, 0.3) is 16.9 Å². The van der Waals surface area contributed by atoms with Crippen LogP contribution in [-0.2, 0) is 4.74 Å². The number of carbonyl (C=O) groups excluding carboxylic acids is 1. The van der Waals surface area contributed by atoms with E-state index in [1.807, 2.05) is 56.1 Å². The lowest BCUT2D eigenvalue weighted by atomic mass is 10.1. The van der Waals surface area contributed by atoms with E-state index in [0.29, 0.717) is 32.1 Å². The van der Waals surface area contributed by atoms with Gasteiger partial charge in [0.15, 0.2) is 0 Å². The third-order valence-electron chi connectivity index (χ3n) is 6.43. The van der Waals surface area contributed by atoms with Gasteiger partial charge in [0.05, 0.1) is 23.9 Å². The van der Waals surface area contributed by atoms with Crippen LogP contribution in [0.5, 0.6) is 0 Å². The Kier molecular flexibility index (Phi) is 8.86. The lowest BCUT2D eigenvalue weighted by Crippen LogP contribution is -2.50. The molecule has 2 N–H and O–H groups in total. The third kappa shape index (κ3) is 7.63. The first kappa shape index (κ1) is 28.6. The molecule has 1 aromatic carbocycles. The van der Waals surface area contributed by atoms with Gasteiger partial charge in [-0.25, -0.2) is 24.7 Å². The largest absolute Gasteiger partial charge is 0.444 e. The minimum atomic E-state index is -0.494. The lowest BCUT2D eigenvalue weighted by Gasteiger charge is -2.36. The molecule has 1 fully saturated rings. The number of amides is 1. The number of aromatic nitrogens is 5. The molecule has 0 radical (unpaired) electrons. The summed E-state index contributed by atoms with van der Waals surface area (Å²) >= 11 is 2.24. The average Bonchev–Trinajstić information content (AvgIpc) is 3.51. The van der Waals surface area contributed by atoms with Crippen molar-refractivity contribution in [3.63, 3.8) is 0 Å². The van der Waals surface area contributed by atoms with Crippen molar-refractivity contribution in [1.29, 1.82) is 0 Å². The van der Waals surface area contributed by atoms with Gasteiger partial charge in [-0.1, -0.05) is 12.1 Å². The Bertz CT molecular complexity index is 1430. The highest BCUT2D eigenvalue weighted by atomic mass is 127. The van der Waals surface area contributed by atoms with Gasteiger partial charge >= 0.3 is 6.09 Å². The number of benzene rings is 1. The number of ether oxygens (including phenoxy) is 1. The molecule has 1 saturated heterocycles. The Morgan fingerprint density at radius 1 is 0.976 bits per heavy atom. The highest BCUT2D eigenvalue weighted by Crippen LogP contribution is 2.28. The van der Waals surface area contributed by atoms with Gasteiger partial charge in [-0.2, -0.15) is 0 Å². The highest BCUT2D eigenvalue weighted by molar-refractivity contribution is 14.1. The molecule has 4 aromatic rings. The fourth-order valence-electron chi connectivity index (χ4n) is 4.41. The van der Waals surface area contributed by atoms with E-state index in [9.17, 15) is 4.79 Å². The van der Waals surface area contributed by atoms with Gasteiger partial charge < -0.3 is 29.7 Å². The molecule has 0 aliphatic carbocycles. The number of carbonyl (C=O) groups is 1. The molecule has 1 aliphatic heterocycles. The van der Waals surface area contributed by atoms with Crippen molar-refractivity contribution in [2.45, 2.75) is 26.4 Å². The molecule has 0 bridgehead atoms. The molecule has 0 spiro atoms. The predicted octanol–water partition coefficient (Wildman–Crippen LogP) is 4.91. The van der Waals surface area contributed by atoms with Crippen LogP contribution in [0.1, 0.15) is 20.8 Å². The van der Waals surface area contributed by atoms with Crippen LogP contribution < -0.4 is 15.5 Å². The zero-order chi connectivity index (χ0) is 28.8. The molecule has 11 nitrogen and oxygen atoms in total. The number of nitrogens with one attached hydrogen (secondary N) is 2. The van der Waals surface area contributed by atoms with Crippen LogP contribution in [0.2, 0.25) is 0 Å². The molecule has 0 atom stereocenters. The number of pyridine rings is 1. The van der Waals surface area contributed by atoms with E-state index in [0.717, 1.165) is 45.1 Å². The quantitative estimate of drug-likeness (QED) is 0.200. The van der Waals surface area contributed by atoms with E-state index in [-0.39, 0.29) is 6.09 Å². The van der Waals surface area contributed by atoms with Gasteiger partial charge in [0.2, 0.25) is 5.95 Å². The number of halogens is 1. The van der Waals surface area contributed by atoms with Crippen molar-refractivity contribution in [2.75, 3.05) is 54.8 Å². The summed E-state index contributed by atoms with van der Waals surface area (Å²) in [5.74, 6) is 1.37. The van der Waals surface area contributed by atoms with E-state index in [2.05, 4.69) is 77.3 Å². The second-order valence-corrected chi connectivity index (χ2v) is 11.9. The molecule has 4 heterocycles. The first-order chi connectivity index (χ1) is 19.7. The first-order valence-corrected chi connectivity index (χ1v) is 14.6. The van der Waals surface area contributed by atoms with E-state index in [4.69, 9.17) is 9.72 Å². The lowest BCUT2D eigenvalue weighted by molar-refractivity contribution is 0.0240. The van der Waals surface area contributed by atoms with E-state index >= 15 is 0 Å². The molecule has 1 aliphatic rings. The summed E-state index contributed by atoms with van der Waals surface area (Å²) in [5.41, 5.74) is 3.22. The van der Waals surface area contributed by atoms with Crippen molar-refractivity contribution in [1.82, 2.24) is 29.4 Å². The summed E-state index contributed by atoms with van der Waals surface area (Å²) in [6.07, 6.45) is 8.74. The van der Waals surface area contributed by atoms with Gasteiger partial charge in [-0.3, -0.25) is 0 Å². The Morgan fingerprint density at radius 2 is 1.73 bits per heavy atom. The monoisotopic (exact) mass is 667 g/mol. The van der Waals surface area contributed by atoms with Crippen molar-refractivity contribution >= 4 is 46.1 Å².